The zero-order valence-corrected chi connectivity index (χ0v) is 20.4. The highest BCUT2D eigenvalue weighted by atomic mass is 32.1. The number of hydrogen-bond donors (Lipinski definition) is 1. The van der Waals surface area contributed by atoms with Crippen molar-refractivity contribution in [3.63, 3.8) is 0 Å². The number of phenolic OH excluding ortho intramolecular Hbond substituents is 1. The van der Waals surface area contributed by atoms with E-state index in [4.69, 9.17) is 12.6 Å². The van der Waals surface area contributed by atoms with E-state index >= 15 is 0 Å². The lowest BCUT2D eigenvalue weighted by atomic mass is 9.99. The first kappa shape index (κ1) is 26.4. The fraction of sp³-hybridized carbons (Fsp3) is 0.778. The van der Waals surface area contributed by atoms with Crippen molar-refractivity contribution < 1.29 is 5.11 Å². The van der Waals surface area contributed by atoms with Crippen LogP contribution in [0.15, 0.2) is 12.1 Å². The van der Waals surface area contributed by atoms with Crippen molar-refractivity contribution in [1.82, 2.24) is 0 Å². The Morgan fingerprint density at radius 3 is 1.38 bits per heavy atom. The molecule has 1 atom stereocenters. The van der Waals surface area contributed by atoms with Gasteiger partial charge in [-0.1, -0.05) is 134 Å². The van der Waals surface area contributed by atoms with Crippen LogP contribution in [0.5, 0.6) is 5.75 Å². The van der Waals surface area contributed by atoms with Crippen molar-refractivity contribution in [1.29, 1.82) is 0 Å². The van der Waals surface area contributed by atoms with Gasteiger partial charge in [0.15, 0.2) is 0 Å². The van der Waals surface area contributed by atoms with Crippen LogP contribution in [0.4, 0.5) is 0 Å². The van der Waals surface area contributed by atoms with Crippen molar-refractivity contribution in [2.45, 2.75) is 135 Å². The highest BCUT2D eigenvalue weighted by Crippen LogP contribution is 2.31. The van der Waals surface area contributed by atoms with Gasteiger partial charge in [-0.25, -0.2) is 0 Å². The maximum Gasteiger partial charge on any atom is 0.121 e. The molecule has 1 radical (unpaired) electrons. The van der Waals surface area contributed by atoms with Gasteiger partial charge in [0.25, 0.3) is 0 Å². The van der Waals surface area contributed by atoms with E-state index in [2.05, 4.69) is 19.1 Å². The van der Waals surface area contributed by atoms with Gasteiger partial charge in [0.1, 0.15) is 5.75 Å². The Morgan fingerprint density at radius 2 is 1.00 bits per heavy atom. The summed E-state index contributed by atoms with van der Waals surface area (Å²) in [6, 6.07) is 4.12. The normalized spacial score (nSPS) is 12.4. The standard InChI is InChI=1S/C27H47OS/c1-4-5-6-7-8-9-10-11-12-13-14-15-16-17-18-19-20-26(29)25-21-23(2)27(28)24(3)22-25/h21-22,26,28H,4-20H2,1-3H3. The largest absolute Gasteiger partial charge is 0.507 e. The van der Waals surface area contributed by atoms with E-state index in [1.54, 1.807) is 0 Å². The van der Waals surface area contributed by atoms with Gasteiger partial charge in [-0.3, -0.25) is 0 Å². The van der Waals surface area contributed by atoms with Gasteiger partial charge in [0.05, 0.1) is 0 Å². The van der Waals surface area contributed by atoms with Crippen LogP contribution >= 0.6 is 12.6 Å². The summed E-state index contributed by atoms with van der Waals surface area (Å²) in [5.74, 6) is 0.415. The molecule has 1 unspecified atom stereocenters. The van der Waals surface area contributed by atoms with Gasteiger partial charge < -0.3 is 5.11 Å². The Kier molecular flexibility index (Phi) is 15.6. The second-order valence-corrected chi connectivity index (χ2v) is 9.65. The Hall–Kier alpha value is -0.630. The fourth-order valence-corrected chi connectivity index (χ4v) is 4.52. The Bertz CT molecular complexity index is 502. The third-order valence-electron chi connectivity index (χ3n) is 6.21. The number of benzene rings is 1. The Morgan fingerprint density at radius 1 is 0.655 bits per heavy atom. The van der Waals surface area contributed by atoms with Crippen molar-refractivity contribution in [3.05, 3.63) is 28.8 Å². The topological polar surface area (TPSA) is 20.2 Å². The van der Waals surface area contributed by atoms with Gasteiger partial charge in [-0.15, -0.1) is 0 Å². The molecule has 1 N–H and O–H groups in total. The summed E-state index contributed by atoms with van der Waals surface area (Å²) in [6.07, 6.45) is 23.5. The molecule has 0 amide bonds. The van der Waals surface area contributed by atoms with Crippen molar-refractivity contribution in [2.75, 3.05) is 0 Å². The number of rotatable bonds is 18. The smallest absolute Gasteiger partial charge is 0.121 e. The summed E-state index contributed by atoms with van der Waals surface area (Å²) in [4.78, 5) is 0. The number of aryl methyl sites for hydroxylation is 2. The second kappa shape index (κ2) is 17.1. The molecule has 1 nitrogen and oxygen atoms in total. The molecule has 29 heavy (non-hydrogen) atoms. The molecule has 0 aromatic heterocycles. The summed E-state index contributed by atoms with van der Waals surface area (Å²) in [6.45, 7) is 6.21. The van der Waals surface area contributed by atoms with E-state index in [0.717, 1.165) is 17.5 Å². The van der Waals surface area contributed by atoms with Gasteiger partial charge in [0.2, 0.25) is 0 Å². The van der Waals surface area contributed by atoms with Gasteiger partial charge in [0, 0.05) is 5.25 Å². The molecular weight excluding hydrogens is 372 g/mol. The average Bonchev–Trinajstić information content (AvgIpc) is 2.71. The second-order valence-electron chi connectivity index (χ2n) is 9.08. The SMILES string of the molecule is CCCCCCCCCCCCCCCCCCC([S])c1cc(C)c(O)c(C)c1. The molecule has 167 valence electrons. The molecule has 1 rings (SSSR count). The van der Waals surface area contributed by atoms with Crippen molar-refractivity contribution >= 4 is 12.6 Å². The predicted octanol–water partition coefficient (Wildman–Crippen LogP) is 9.90. The van der Waals surface area contributed by atoms with E-state index in [-0.39, 0.29) is 5.25 Å². The molecule has 0 saturated carbocycles. The lowest BCUT2D eigenvalue weighted by Gasteiger charge is -2.13. The molecule has 0 spiro atoms. The zero-order valence-electron chi connectivity index (χ0n) is 19.6. The molecule has 0 bridgehead atoms. The van der Waals surface area contributed by atoms with E-state index in [9.17, 15) is 5.11 Å². The molecular formula is C27H47OS. The van der Waals surface area contributed by atoms with Crippen LogP contribution in [0.2, 0.25) is 0 Å². The highest BCUT2D eigenvalue weighted by molar-refractivity contribution is 7.80. The third kappa shape index (κ3) is 12.6. The first-order valence-corrected chi connectivity index (χ1v) is 13.0. The monoisotopic (exact) mass is 419 g/mol. The minimum Gasteiger partial charge on any atom is -0.507 e. The van der Waals surface area contributed by atoms with Gasteiger partial charge >= 0.3 is 0 Å². The van der Waals surface area contributed by atoms with Crippen LogP contribution < -0.4 is 0 Å². The minimum absolute atomic E-state index is 0.180. The number of aromatic hydroxyl groups is 1. The summed E-state index contributed by atoms with van der Waals surface area (Å²) >= 11 is 5.69. The van der Waals surface area contributed by atoms with Crippen LogP contribution in [-0.2, 0) is 0 Å². The van der Waals surface area contributed by atoms with Crippen LogP contribution in [0.1, 0.15) is 138 Å². The quantitative estimate of drug-likeness (QED) is 0.235. The summed E-state index contributed by atoms with van der Waals surface area (Å²) < 4.78 is 0. The first-order chi connectivity index (χ1) is 14.1. The van der Waals surface area contributed by atoms with Crippen LogP contribution in [0.3, 0.4) is 0 Å². The fourth-order valence-electron chi connectivity index (χ4n) is 4.22. The van der Waals surface area contributed by atoms with Crippen LogP contribution in [0, 0.1) is 13.8 Å². The van der Waals surface area contributed by atoms with E-state index in [1.807, 2.05) is 13.8 Å². The first-order valence-electron chi connectivity index (χ1n) is 12.5. The zero-order chi connectivity index (χ0) is 21.3. The Balaban J connectivity index is 1.90. The highest BCUT2D eigenvalue weighted by Gasteiger charge is 2.11. The third-order valence-corrected chi connectivity index (χ3v) is 6.71. The minimum atomic E-state index is 0.180. The van der Waals surface area contributed by atoms with Crippen molar-refractivity contribution in [2.24, 2.45) is 0 Å². The van der Waals surface area contributed by atoms with E-state index in [0.29, 0.717) is 5.75 Å². The van der Waals surface area contributed by atoms with Gasteiger partial charge in [-0.2, -0.15) is 0 Å². The molecule has 2 heteroatoms. The van der Waals surface area contributed by atoms with Gasteiger partial charge in [-0.05, 0) is 37.0 Å². The lowest BCUT2D eigenvalue weighted by molar-refractivity contribution is 0.466. The summed E-state index contributed by atoms with van der Waals surface area (Å²) in [5.41, 5.74) is 3.09. The molecule has 1 aromatic rings. The molecule has 1 aromatic carbocycles. The molecule has 0 aliphatic carbocycles. The average molecular weight is 420 g/mol. The number of phenols is 1. The number of unbranched alkanes of at least 4 members (excludes halogenated alkanes) is 15. The number of hydrogen-bond acceptors (Lipinski definition) is 1. The molecule has 0 heterocycles. The molecule has 0 aliphatic rings. The molecule has 0 fully saturated rings. The van der Waals surface area contributed by atoms with E-state index in [1.165, 1.54) is 108 Å². The molecule has 0 saturated heterocycles. The maximum atomic E-state index is 9.90. The van der Waals surface area contributed by atoms with E-state index < -0.39 is 0 Å². The lowest BCUT2D eigenvalue weighted by Crippen LogP contribution is -1.94. The summed E-state index contributed by atoms with van der Waals surface area (Å²) in [5, 5.41) is 10.1. The van der Waals surface area contributed by atoms with Crippen LogP contribution in [0.25, 0.3) is 0 Å². The maximum absolute atomic E-state index is 9.90. The van der Waals surface area contributed by atoms with Crippen molar-refractivity contribution in [3.8, 4) is 5.75 Å². The molecule has 0 aliphatic heterocycles. The van der Waals surface area contributed by atoms with Crippen LogP contribution in [-0.4, -0.2) is 5.11 Å². The Labute approximate surface area is 187 Å². The predicted molar refractivity (Wildman–Crippen MR) is 132 cm³/mol. The summed E-state index contributed by atoms with van der Waals surface area (Å²) in [7, 11) is 0.